The Hall–Kier alpha value is -2.57. The van der Waals surface area contributed by atoms with Crippen molar-refractivity contribution in [3.05, 3.63) is 35.9 Å². The molecule has 7 nitrogen and oxygen atoms in total. The maximum atomic E-state index is 11.0. The summed E-state index contributed by atoms with van der Waals surface area (Å²) in [4.78, 5) is 22.1. The Labute approximate surface area is 134 Å². The lowest BCUT2D eigenvalue weighted by Crippen LogP contribution is -2.37. The number of hydrogen-bond acceptors (Lipinski definition) is 6. The first-order valence-electron chi connectivity index (χ1n) is 7.71. The average molecular weight is 316 g/mol. The van der Waals surface area contributed by atoms with Crippen LogP contribution in [-0.4, -0.2) is 34.1 Å². The first kappa shape index (κ1) is 15.3. The number of rotatable bonds is 5. The van der Waals surface area contributed by atoms with Crippen molar-refractivity contribution in [2.75, 3.05) is 23.3 Å². The molecule has 3 rings (SSSR count). The highest BCUT2D eigenvalue weighted by Gasteiger charge is 2.25. The molecule has 2 N–H and O–H groups in total. The summed E-state index contributed by atoms with van der Waals surface area (Å²) in [5, 5.41) is 12.2. The number of carbonyl (C=O) groups is 1. The predicted molar refractivity (Wildman–Crippen MR) is 85.4 cm³/mol. The first-order valence-corrected chi connectivity index (χ1v) is 7.71. The highest BCUT2D eigenvalue weighted by Crippen LogP contribution is 2.23. The Morgan fingerprint density at radius 3 is 2.87 bits per heavy atom. The minimum atomic E-state index is -0.704. The topological polar surface area (TPSA) is 91.5 Å². The number of aryl methyl sites for hydroxylation is 1. The minimum absolute atomic E-state index is 0.245. The molecule has 0 atom stereocenters. The van der Waals surface area contributed by atoms with Crippen molar-refractivity contribution in [1.82, 2.24) is 9.97 Å². The molecule has 0 aromatic carbocycles. The predicted octanol–water partition coefficient (Wildman–Crippen LogP) is 2.29. The Morgan fingerprint density at radius 1 is 1.43 bits per heavy atom. The number of aromatic nitrogens is 2. The number of anilines is 2. The molecule has 0 radical (unpaired) electrons. The molecule has 3 heterocycles. The van der Waals surface area contributed by atoms with Gasteiger partial charge < -0.3 is 19.7 Å². The lowest BCUT2D eigenvalue weighted by Gasteiger charge is -2.31. The van der Waals surface area contributed by atoms with Crippen molar-refractivity contribution in [2.45, 2.75) is 26.3 Å². The summed E-state index contributed by atoms with van der Waals surface area (Å²) in [5.41, 5.74) is 0.873. The normalized spacial score (nSPS) is 15.6. The zero-order valence-corrected chi connectivity index (χ0v) is 13.0. The molecule has 1 saturated heterocycles. The second kappa shape index (κ2) is 6.68. The average Bonchev–Trinajstić information content (AvgIpc) is 3.06. The number of hydrogen-bond donors (Lipinski definition) is 2. The quantitative estimate of drug-likeness (QED) is 0.874. The molecule has 122 valence electrons. The van der Waals surface area contributed by atoms with Gasteiger partial charge in [0.15, 0.2) is 0 Å². The van der Waals surface area contributed by atoms with Crippen molar-refractivity contribution in [3.8, 4) is 0 Å². The van der Waals surface area contributed by atoms with E-state index in [9.17, 15) is 4.79 Å². The van der Waals surface area contributed by atoms with Crippen LogP contribution in [0.15, 0.2) is 28.9 Å². The van der Waals surface area contributed by atoms with Gasteiger partial charge in [-0.05, 0) is 31.9 Å². The van der Waals surface area contributed by atoms with Gasteiger partial charge in [0.2, 0.25) is 5.95 Å². The van der Waals surface area contributed by atoms with Gasteiger partial charge in [0.25, 0.3) is 0 Å². The molecule has 1 fully saturated rings. The zero-order chi connectivity index (χ0) is 16.2. The number of nitrogens with one attached hydrogen (secondary N) is 1. The summed E-state index contributed by atoms with van der Waals surface area (Å²) >= 11 is 0. The lowest BCUT2D eigenvalue weighted by molar-refractivity contribution is -0.142. The van der Waals surface area contributed by atoms with Crippen LogP contribution >= 0.6 is 0 Å². The van der Waals surface area contributed by atoms with Crippen LogP contribution in [0.3, 0.4) is 0 Å². The molecule has 0 amide bonds. The molecular formula is C16H20N4O3. The van der Waals surface area contributed by atoms with Crippen LogP contribution in [-0.2, 0) is 11.3 Å². The molecule has 0 saturated carbocycles. The van der Waals surface area contributed by atoms with E-state index in [0.717, 1.165) is 17.3 Å². The fourth-order valence-electron chi connectivity index (χ4n) is 2.73. The summed E-state index contributed by atoms with van der Waals surface area (Å²) < 4.78 is 5.28. The molecule has 0 bridgehead atoms. The van der Waals surface area contributed by atoms with E-state index in [2.05, 4.69) is 20.2 Å². The van der Waals surface area contributed by atoms with E-state index in [4.69, 9.17) is 9.52 Å². The molecular weight excluding hydrogens is 296 g/mol. The molecule has 0 unspecified atom stereocenters. The molecule has 0 aliphatic carbocycles. The van der Waals surface area contributed by atoms with Gasteiger partial charge in [0, 0.05) is 24.8 Å². The lowest BCUT2D eigenvalue weighted by atomic mass is 9.97. The number of piperidine rings is 1. The van der Waals surface area contributed by atoms with Crippen LogP contribution in [0.25, 0.3) is 0 Å². The summed E-state index contributed by atoms with van der Waals surface area (Å²) in [7, 11) is 0. The van der Waals surface area contributed by atoms with Crippen molar-refractivity contribution in [3.63, 3.8) is 0 Å². The van der Waals surface area contributed by atoms with Gasteiger partial charge in [-0.2, -0.15) is 4.98 Å². The number of furan rings is 1. The Balaban J connectivity index is 1.67. The fourth-order valence-corrected chi connectivity index (χ4v) is 2.73. The van der Waals surface area contributed by atoms with Gasteiger partial charge in [0.1, 0.15) is 11.6 Å². The van der Waals surface area contributed by atoms with Gasteiger partial charge in [-0.25, -0.2) is 4.98 Å². The van der Waals surface area contributed by atoms with Crippen LogP contribution in [0.1, 0.15) is 24.3 Å². The molecule has 2 aromatic heterocycles. The number of nitrogens with zero attached hydrogens (tertiary/aromatic N) is 3. The van der Waals surface area contributed by atoms with Crippen LogP contribution in [0.5, 0.6) is 0 Å². The van der Waals surface area contributed by atoms with Crippen molar-refractivity contribution in [1.29, 1.82) is 0 Å². The molecule has 1 aliphatic heterocycles. The van der Waals surface area contributed by atoms with E-state index in [1.54, 1.807) is 6.26 Å². The van der Waals surface area contributed by atoms with E-state index < -0.39 is 5.97 Å². The van der Waals surface area contributed by atoms with Gasteiger partial charge in [-0.15, -0.1) is 0 Å². The second-order valence-electron chi connectivity index (χ2n) is 5.72. The van der Waals surface area contributed by atoms with Crippen molar-refractivity contribution in [2.24, 2.45) is 5.92 Å². The molecule has 2 aromatic rings. The summed E-state index contributed by atoms with van der Waals surface area (Å²) in [5.74, 6) is 1.26. The van der Waals surface area contributed by atoms with E-state index in [0.29, 0.717) is 38.4 Å². The standard InChI is InChI=1S/C16H20N4O3/c1-11-9-14(20-6-4-12(5-7-20)15(21)22)19-16(18-11)17-10-13-3-2-8-23-13/h2-3,8-9,12H,4-7,10H2,1H3,(H,21,22)(H,17,18,19). The van der Waals surface area contributed by atoms with Crippen molar-refractivity contribution >= 4 is 17.7 Å². The Kier molecular flexibility index (Phi) is 4.45. The third-order valence-corrected chi connectivity index (χ3v) is 4.01. The molecule has 7 heteroatoms. The second-order valence-corrected chi connectivity index (χ2v) is 5.72. The molecule has 1 aliphatic rings. The maximum absolute atomic E-state index is 11.0. The zero-order valence-electron chi connectivity index (χ0n) is 13.0. The van der Waals surface area contributed by atoms with E-state index >= 15 is 0 Å². The highest BCUT2D eigenvalue weighted by molar-refractivity contribution is 5.70. The minimum Gasteiger partial charge on any atom is -0.481 e. The highest BCUT2D eigenvalue weighted by atomic mass is 16.4. The van der Waals surface area contributed by atoms with Crippen LogP contribution in [0.4, 0.5) is 11.8 Å². The van der Waals surface area contributed by atoms with Crippen LogP contribution < -0.4 is 10.2 Å². The van der Waals surface area contributed by atoms with Crippen LogP contribution in [0.2, 0.25) is 0 Å². The monoisotopic (exact) mass is 316 g/mol. The van der Waals surface area contributed by atoms with Gasteiger partial charge in [-0.1, -0.05) is 0 Å². The van der Waals surface area contributed by atoms with Gasteiger partial charge >= 0.3 is 5.97 Å². The van der Waals surface area contributed by atoms with Gasteiger partial charge in [-0.3, -0.25) is 4.79 Å². The first-order chi connectivity index (χ1) is 11.1. The molecule has 0 spiro atoms. The number of carboxylic acid groups (broad SMARTS) is 1. The van der Waals surface area contributed by atoms with E-state index in [1.165, 1.54) is 0 Å². The Bertz CT molecular complexity index is 664. The van der Waals surface area contributed by atoms with Gasteiger partial charge in [0.05, 0.1) is 18.7 Å². The largest absolute Gasteiger partial charge is 0.481 e. The summed E-state index contributed by atoms with van der Waals surface area (Å²) in [6.07, 6.45) is 2.92. The maximum Gasteiger partial charge on any atom is 0.306 e. The summed E-state index contributed by atoms with van der Waals surface area (Å²) in [6.45, 7) is 3.85. The number of carboxylic acids is 1. The fraction of sp³-hybridized carbons (Fsp3) is 0.438. The third kappa shape index (κ3) is 3.80. The van der Waals surface area contributed by atoms with E-state index in [-0.39, 0.29) is 5.92 Å². The van der Waals surface area contributed by atoms with E-state index in [1.807, 2.05) is 25.1 Å². The molecule has 23 heavy (non-hydrogen) atoms. The summed E-state index contributed by atoms with van der Waals surface area (Å²) in [6, 6.07) is 5.66. The van der Waals surface area contributed by atoms with Crippen molar-refractivity contribution < 1.29 is 14.3 Å². The smallest absolute Gasteiger partial charge is 0.306 e. The number of aliphatic carboxylic acids is 1. The Morgan fingerprint density at radius 2 is 2.22 bits per heavy atom. The van der Waals surface area contributed by atoms with Crippen LogP contribution in [0, 0.1) is 12.8 Å². The SMILES string of the molecule is Cc1cc(N2CCC(C(=O)O)CC2)nc(NCc2ccco2)n1. The third-order valence-electron chi connectivity index (χ3n) is 4.01.